The highest BCUT2D eigenvalue weighted by Crippen LogP contribution is 2.18. The van der Waals surface area contributed by atoms with Crippen molar-refractivity contribution < 1.29 is 9.59 Å². The lowest BCUT2D eigenvalue weighted by Gasteiger charge is -2.22. The van der Waals surface area contributed by atoms with Gasteiger partial charge in [-0.15, -0.1) is 0 Å². The van der Waals surface area contributed by atoms with Crippen molar-refractivity contribution in [3.63, 3.8) is 0 Å². The molecule has 2 aliphatic rings. The van der Waals surface area contributed by atoms with E-state index in [1.165, 1.54) is 9.80 Å². The molecule has 0 radical (unpaired) electrons. The Labute approximate surface area is 69.5 Å². The molecule has 0 aromatic rings. The van der Waals surface area contributed by atoms with Gasteiger partial charge in [-0.2, -0.15) is 0 Å². The van der Waals surface area contributed by atoms with E-state index in [2.05, 4.69) is 10.6 Å². The standard InChI is InChI=1S/C6H10N4O2/c1-9-4-3(7-5(9)11)8-6(12)10(4)2/h3-4H,1-2H3,(H,7,11)(H,8,12). The molecule has 0 bridgehead atoms. The minimum atomic E-state index is -0.264. The van der Waals surface area contributed by atoms with Gasteiger partial charge in [-0.25, -0.2) is 9.59 Å². The van der Waals surface area contributed by atoms with Crippen molar-refractivity contribution in [3.8, 4) is 0 Å². The van der Waals surface area contributed by atoms with Gasteiger partial charge in [0.15, 0.2) is 0 Å². The quantitative estimate of drug-likeness (QED) is 0.487. The highest BCUT2D eigenvalue weighted by Gasteiger charge is 2.47. The van der Waals surface area contributed by atoms with E-state index in [1.54, 1.807) is 14.1 Å². The van der Waals surface area contributed by atoms with Crippen LogP contribution in [0.4, 0.5) is 9.59 Å². The maximum Gasteiger partial charge on any atom is 0.320 e. The van der Waals surface area contributed by atoms with Gasteiger partial charge in [0.05, 0.1) is 0 Å². The predicted molar refractivity (Wildman–Crippen MR) is 40.2 cm³/mol. The lowest BCUT2D eigenvalue weighted by atomic mass is 10.4. The third kappa shape index (κ3) is 0.689. The van der Waals surface area contributed by atoms with E-state index in [4.69, 9.17) is 0 Å². The molecule has 2 aliphatic heterocycles. The second-order valence-electron chi connectivity index (χ2n) is 3.01. The molecule has 6 heteroatoms. The Bertz CT molecular complexity index is 230. The Morgan fingerprint density at radius 1 is 1.08 bits per heavy atom. The molecule has 0 aromatic carbocycles. The first-order chi connectivity index (χ1) is 5.61. The fraction of sp³-hybridized carbons (Fsp3) is 0.667. The number of nitrogens with one attached hydrogen (secondary N) is 2. The molecule has 2 heterocycles. The number of likely N-dealkylation sites (N-methyl/N-ethyl adjacent to an activating group) is 2. The van der Waals surface area contributed by atoms with Crippen LogP contribution in [0.1, 0.15) is 0 Å². The first-order valence-electron chi connectivity index (χ1n) is 3.68. The molecule has 12 heavy (non-hydrogen) atoms. The molecule has 2 fully saturated rings. The second-order valence-corrected chi connectivity index (χ2v) is 3.01. The third-order valence-electron chi connectivity index (χ3n) is 2.29. The molecule has 0 atom stereocenters. The lowest BCUT2D eigenvalue weighted by Crippen LogP contribution is -2.42. The van der Waals surface area contributed by atoms with Crippen molar-refractivity contribution in [1.82, 2.24) is 20.4 Å². The summed E-state index contributed by atoms with van der Waals surface area (Å²) in [6.45, 7) is 0. The average Bonchev–Trinajstić information content (AvgIpc) is 2.40. The van der Waals surface area contributed by atoms with E-state index < -0.39 is 0 Å². The van der Waals surface area contributed by atoms with E-state index in [0.717, 1.165) is 0 Å². The summed E-state index contributed by atoms with van der Waals surface area (Å²) in [4.78, 5) is 25.2. The fourth-order valence-corrected chi connectivity index (χ4v) is 1.60. The van der Waals surface area contributed by atoms with Gasteiger partial charge in [0.2, 0.25) is 0 Å². The normalized spacial score (nSPS) is 33.5. The van der Waals surface area contributed by atoms with Crippen LogP contribution in [-0.2, 0) is 0 Å². The molecule has 2 N–H and O–H groups in total. The van der Waals surface area contributed by atoms with Crippen molar-refractivity contribution in [2.75, 3.05) is 14.1 Å². The molecule has 0 aliphatic carbocycles. The topological polar surface area (TPSA) is 64.7 Å². The summed E-state index contributed by atoms with van der Waals surface area (Å²) >= 11 is 0. The first-order valence-corrected chi connectivity index (χ1v) is 3.68. The summed E-state index contributed by atoms with van der Waals surface area (Å²) in [5.41, 5.74) is 0. The van der Waals surface area contributed by atoms with Gasteiger partial charge < -0.3 is 20.4 Å². The van der Waals surface area contributed by atoms with Crippen LogP contribution in [0.15, 0.2) is 0 Å². The Balaban J connectivity index is 2.26. The van der Waals surface area contributed by atoms with Crippen molar-refractivity contribution in [3.05, 3.63) is 0 Å². The average molecular weight is 170 g/mol. The zero-order chi connectivity index (χ0) is 8.88. The Hall–Kier alpha value is -1.46. The number of rotatable bonds is 0. The maximum absolute atomic E-state index is 11.1. The van der Waals surface area contributed by atoms with Crippen LogP contribution >= 0.6 is 0 Å². The van der Waals surface area contributed by atoms with Gasteiger partial charge in [-0.3, -0.25) is 0 Å². The minimum Gasteiger partial charge on any atom is -0.314 e. The van der Waals surface area contributed by atoms with E-state index in [1.807, 2.05) is 0 Å². The van der Waals surface area contributed by atoms with Gasteiger partial charge in [0.25, 0.3) is 0 Å². The van der Waals surface area contributed by atoms with Crippen molar-refractivity contribution in [2.45, 2.75) is 12.3 Å². The van der Waals surface area contributed by atoms with Crippen LogP contribution < -0.4 is 10.6 Å². The van der Waals surface area contributed by atoms with Crippen molar-refractivity contribution in [1.29, 1.82) is 0 Å². The van der Waals surface area contributed by atoms with Gasteiger partial charge in [0, 0.05) is 14.1 Å². The molecule has 4 amide bonds. The zero-order valence-electron chi connectivity index (χ0n) is 6.87. The number of carbonyl (C=O) groups is 2. The molecule has 0 spiro atoms. The molecular formula is C6H10N4O2. The minimum absolute atomic E-state index is 0.156. The van der Waals surface area contributed by atoms with Crippen LogP contribution in [0.2, 0.25) is 0 Å². The number of carbonyl (C=O) groups excluding carboxylic acids is 2. The Kier molecular flexibility index (Phi) is 1.22. The van der Waals surface area contributed by atoms with Crippen LogP contribution in [0.3, 0.4) is 0 Å². The number of fused-ring (bicyclic) bond motifs is 1. The van der Waals surface area contributed by atoms with Gasteiger partial charge in [-0.1, -0.05) is 0 Å². The molecule has 66 valence electrons. The first kappa shape index (κ1) is 7.20. The number of amides is 4. The van der Waals surface area contributed by atoms with Crippen LogP contribution in [-0.4, -0.2) is 48.3 Å². The molecule has 0 saturated carbocycles. The van der Waals surface area contributed by atoms with Crippen molar-refractivity contribution in [2.24, 2.45) is 0 Å². The van der Waals surface area contributed by atoms with E-state index in [0.29, 0.717) is 0 Å². The highest BCUT2D eigenvalue weighted by atomic mass is 16.2. The fourth-order valence-electron chi connectivity index (χ4n) is 1.60. The number of hydrogen-bond donors (Lipinski definition) is 2. The number of nitrogens with zero attached hydrogens (tertiary/aromatic N) is 2. The van der Waals surface area contributed by atoms with E-state index in [9.17, 15) is 9.59 Å². The molecule has 2 saturated heterocycles. The summed E-state index contributed by atoms with van der Waals surface area (Å²) in [6.07, 6.45) is -0.454. The smallest absolute Gasteiger partial charge is 0.314 e. The SMILES string of the molecule is CN1C(=O)NC2NC(=O)N(C)C21. The van der Waals surface area contributed by atoms with Gasteiger partial charge >= 0.3 is 12.1 Å². The highest BCUT2D eigenvalue weighted by molar-refractivity contribution is 5.84. The van der Waals surface area contributed by atoms with E-state index >= 15 is 0 Å². The summed E-state index contributed by atoms with van der Waals surface area (Å²) < 4.78 is 0. The molecule has 0 unspecified atom stereocenters. The summed E-state index contributed by atoms with van der Waals surface area (Å²) in [6, 6.07) is -0.311. The molecule has 0 aromatic heterocycles. The summed E-state index contributed by atoms with van der Waals surface area (Å²) in [5, 5.41) is 5.28. The van der Waals surface area contributed by atoms with Crippen LogP contribution in [0.5, 0.6) is 0 Å². The number of hydrogen-bond acceptors (Lipinski definition) is 2. The molecule has 6 nitrogen and oxygen atoms in total. The monoisotopic (exact) mass is 170 g/mol. The predicted octanol–water partition coefficient (Wildman–Crippen LogP) is -1.05. The largest absolute Gasteiger partial charge is 0.320 e. The van der Waals surface area contributed by atoms with Crippen LogP contribution in [0.25, 0.3) is 0 Å². The van der Waals surface area contributed by atoms with E-state index in [-0.39, 0.29) is 24.4 Å². The molecule has 2 rings (SSSR count). The number of urea groups is 2. The van der Waals surface area contributed by atoms with Crippen molar-refractivity contribution >= 4 is 12.1 Å². The Morgan fingerprint density at radius 3 is 1.83 bits per heavy atom. The Morgan fingerprint density at radius 2 is 1.50 bits per heavy atom. The van der Waals surface area contributed by atoms with Crippen LogP contribution in [0, 0.1) is 0 Å². The zero-order valence-corrected chi connectivity index (χ0v) is 6.87. The maximum atomic E-state index is 11.1. The van der Waals surface area contributed by atoms with Gasteiger partial charge in [-0.05, 0) is 0 Å². The second kappa shape index (κ2) is 2.02. The third-order valence-corrected chi connectivity index (χ3v) is 2.29. The van der Waals surface area contributed by atoms with Gasteiger partial charge in [0.1, 0.15) is 12.3 Å². The summed E-state index contributed by atoms with van der Waals surface area (Å²) in [5.74, 6) is 0. The molecular weight excluding hydrogens is 160 g/mol. The lowest BCUT2D eigenvalue weighted by molar-refractivity contribution is 0.162. The summed E-state index contributed by atoms with van der Waals surface area (Å²) in [7, 11) is 3.33.